The molecule has 0 saturated heterocycles. The van der Waals surface area contributed by atoms with Gasteiger partial charge in [-0.25, -0.2) is 8.42 Å². The smallest absolute Gasteiger partial charge is 0.250 e. The predicted octanol–water partition coefficient (Wildman–Crippen LogP) is 3.20. The average Bonchev–Trinajstić information content (AvgIpc) is 3.16. The standard InChI is InChI=1S/C22H25ClN4O4S/c1-15-6-4-8-18(12-15)21-25-26-22(27(21)10-11-31-3)32(29,30)14-20(28)24-16(2)17-7-5-9-19(23)13-17/h4-9,12-13,16H,10-11,14H2,1-3H3,(H,24,28). The summed E-state index contributed by atoms with van der Waals surface area (Å²) in [6, 6.07) is 14.1. The largest absolute Gasteiger partial charge is 0.383 e. The number of amides is 1. The number of sulfone groups is 1. The first kappa shape index (κ1) is 23.9. The van der Waals surface area contributed by atoms with Crippen molar-refractivity contribution in [1.29, 1.82) is 0 Å². The van der Waals surface area contributed by atoms with E-state index in [-0.39, 0.29) is 18.3 Å². The van der Waals surface area contributed by atoms with Crippen molar-refractivity contribution < 1.29 is 17.9 Å². The zero-order valence-corrected chi connectivity index (χ0v) is 19.7. The number of ether oxygens (including phenoxy) is 1. The number of aryl methyl sites for hydroxylation is 1. The van der Waals surface area contributed by atoms with Crippen LogP contribution >= 0.6 is 11.6 Å². The van der Waals surface area contributed by atoms with E-state index in [1.165, 1.54) is 11.7 Å². The number of methoxy groups -OCH3 is 1. The van der Waals surface area contributed by atoms with Crippen LogP contribution in [0.15, 0.2) is 53.7 Å². The van der Waals surface area contributed by atoms with Gasteiger partial charge < -0.3 is 10.1 Å². The maximum atomic E-state index is 13.1. The Balaban J connectivity index is 1.84. The van der Waals surface area contributed by atoms with Crippen molar-refractivity contribution >= 4 is 27.3 Å². The minimum Gasteiger partial charge on any atom is -0.383 e. The molecule has 0 spiro atoms. The molecule has 0 fully saturated rings. The third-order valence-corrected chi connectivity index (χ3v) is 6.57. The Morgan fingerprint density at radius 3 is 2.62 bits per heavy atom. The SMILES string of the molecule is COCCn1c(-c2cccc(C)c2)nnc1S(=O)(=O)CC(=O)NC(C)c1cccc(Cl)c1. The molecule has 0 aliphatic heterocycles. The highest BCUT2D eigenvalue weighted by molar-refractivity contribution is 7.92. The predicted molar refractivity (Wildman–Crippen MR) is 122 cm³/mol. The van der Waals surface area contributed by atoms with E-state index in [1.807, 2.05) is 31.2 Å². The molecule has 0 aliphatic carbocycles. The number of hydrogen-bond acceptors (Lipinski definition) is 6. The Labute approximate surface area is 192 Å². The van der Waals surface area contributed by atoms with Gasteiger partial charge in [-0.3, -0.25) is 9.36 Å². The fourth-order valence-corrected chi connectivity index (χ4v) is 4.72. The van der Waals surface area contributed by atoms with Crippen LogP contribution < -0.4 is 5.32 Å². The quantitative estimate of drug-likeness (QED) is 0.508. The first-order valence-electron chi connectivity index (χ1n) is 9.98. The normalized spacial score (nSPS) is 12.5. The number of hydrogen-bond donors (Lipinski definition) is 1. The number of halogens is 1. The Morgan fingerprint density at radius 1 is 1.19 bits per heavy atom. The summed E-state index contributed by atoms with van der Waals surface area (Å²) in [7, 11) is -2.53. The summed E-state index contributed by atoms with van der Waals surface area (Å²) < 4.78 is 32.7. The van der Waals surface area contributed by atoms with Gasteiger partial charge in [0.25, 0.3) is 5.16 Å². The Hall–Kier alpha value is -2.75. The number of aromatic nitrogens is 3. The molecule has 1 heterocycles. The summed E-state index contributed by atoms with van der Waals surface area (Å²) in [5.74, 6) is -0.996. The summed E-state index contributed by atoms with van der Waals surface area (Å²) >= 11 is 6.00. The lowest BCUT2D eigenvalue weighted by Gasteiger charge is -2.15. The van der Waals surface area contributed by atoms with Gasteiger partial charge in [0.05, 0.1) is 19.2 Å². The maximum Gasteiger partial charge on any atom is 0.250 e. The van der Waals surface area contributed by atoms with Gasteiger partial charge in [0.2, 0.25) is 15.7 Å². The lowest BCUT2D eigenvalue weighted by Crippen LogP contribution is -2.33. The van der Waals surface area contributed by atoms with Gasteiger partial charge in [-0.05, 0) is 37.6 Å². The van der Waals surface area contributed by atoms with Crippen LogP contribution in [0, 0.1) is 6.92 Å². The first-order chi connectivity index (χ1) is 15.2. The highest BCUT2D eigenvalue weighted by Gasteiger charge is 2.28. The van der Waals surface area contributed by atoms with E-state index in [4.69, 9.17) is 16.3 Å². The fraction of sp³-hybridized carbons (Fsp3) is 0.318. The molecular weight excluding hydrogens is 452 g/mol. The number of benzene rings is 2. The van der Waals surface area contributed by atoms with Crippen molar-refractivity contribution in [3.8, 4) is 11.4 Å². The van der Waals surface area contributed by atoms with Crippen LogP contribution in [0.5, 0.6) is 0 Å². The van der Waals surface area contributed by atoms with Crippen LogP contribution in [0.1, 0.15) is 24.1 Å². The van der Waals surface area contributed by atoms with Crippen molar-refractivity contribution in [2.75, 3.05) is 19.5 Å². The molecule has 1 atom stereocenters. The minimum absolute atomic E-state index is 0.224. The summed E-state index contributed by atoms with van der Waals surface area (Å²) in [4.78, 5) is 12.5. The summed E-state index contributed by atoms with van der Waals surface area (Å²) in [5.41, 5.74) is 2.50. The molecule has 1 aromatic heterocycles. The zero-order chi connectivity index (χ0) is 23.3. The monoisotopic (exact) mass is 476 g/mol. The Morgan fingerprint density at radius 2 is 1.94 bits per heavy atom. The van der Waals surface area contributed by atoms with Crippen molar-refractivity contribution in [1.82, 2.24) is 20.1 Å². The van der Waals surface area contributed by atoms with Gasteiger partial charge in [0, 0.05) is 17.7 Å². The number of carbonyl (C=O) groups excluding carboxylic acids is 1. The van der Waals surface area contributed by atoms with Crippen LogP contribution in [0.25, 0.3) is 11.4 Å². The average molecular weight is 477 g/mol. The molecular formula is C22H25ClN4O4S. The van der Waals surface area contributed by atoms with Crippen molar-refractivity contribution in [3.63, 3.8) is 0 Å². The second-order valence-corrected chi connectivity index (χ2v) is 9.74. The fourth-order valence-electron chi connectivity index (χ4n) is 3.28. The van der Waals surface area contributed by atoms with Gasteiger partial charge in [-0.2, -0.15) is 0 Å². The second kappa shape index (κ2) is 10.2. The number of nitrogens with zero attached hydrogens (tertiary/aromatic N) is 3. The Bertz CT molecular complexity index is 1210. The molecule has 1 unspecified atom stereocenters. The lowest BCUT2D eigenvalue weighted by molar-refractivity contribution is -0.119. The van der Waals surface area contributed by atoms with Gasteiger partial charge in [0.1, 0.15) is 5.75 Å². The highest BCUT2D eigenvalue weighted by atomic mass is 35.5. The van der Waals surface area contributed by atoms with Crippen molar-refractivity contribution in [3.05, 3.63) is 64.7 Å². The van der Waals surface area contributed by atoms with Crippen LogP contribution in [0.2, 0.25) is 5.02 Å². The molecule has 0 saturated carbocycles. The van der Waals surface area contributed by atoms with Crippen LogP contribution in [0.3, 0.4) is 0 Å². The zero-order valence-electron chi connectivity index (χ0n) is 18.1. The molecule has 0 radical (unpaired) electrons. The van der Waals surface area contributed by atoms with E-state index in [0.29, 0.717) is 10.8 Å². The summed E-state index contributed by atoms with van der Waals surface area (Å²) in [6.45, 7) is 4.18. The number of nitrogens with one attached hydrogen (secondary N) is 1. The van der Waals surface area contributed by atoms with Gasteiger partial charge in [0.15, 0.2) is 5.82 Å². The first-order valence-corrected chi connectivity index (χ1v) is 12.0. The van der Waals surface area contributed by atoms with E-state index in [2.05, 4.69) is 15.5 Å². The lowest BCUT2D eigenvalue weighted by atomic mass is 10.1. The van der Waals surface area contributed by atoms with E-state index >= 15 is 0 Å². The molecule has 8 nitrogen and oxygen atoms in total. The summed E-state index contributed by atoms with van der Waals surface area (Å²) in [6.07, 6.45) is 0. The molecule has 10 heteroatoms. The minimum atomic E-state index is -4.06. The molecule has 1 amide bonds. The van der Waals surface area contributed by atoms with Crippen LogP contribution in [0.4, 0.5) is 0 Å². The third kappa shape index (κ3) is 5.73. The van der Waals surface area contributed by atoms with Gasteiger partial charge >= 0.3 is 0 Å². The molecule has 1 N–H and O–H groups in total. The molecule has 0 aliphatic rings. The van der Waals surface area contributed by atoms with Crippen molar-refractivity contribution in [2.24, 2.45) is 0 Å². The Kier molecular flexibility index (Phi) is 7.65. The van der Waals surface area contributed by atoms with E-state index < -0.39 is 27.5 Å². The van der Waals surface area contributed by atoms with Crippen LogP contribution in [-0.2, 0) is 25.9 Å². The molecule has 3 rings (SSSR count). The highest BCUT2D eigenvalue weighted by Crippen LogP contribution is 2.23. The second-order valence-electron chi connectivity index (χ2n) is 7.42. The molecule has 2 aromatic carbocycles. The molecule has 0 bridgehead atoms. The van der Waals surface area contributed by atoms with Gasteiger partial charge in [-0.15, -0.1) is 10.2 Å². The maximum absolute atomic E-state index is 13.1. The van der Waals surface area contributed by atoms with E-state index in [1.54, 1.807) is 31.2 Å². The van der Waals surface area contributed by atoms with E-state index in [0.717, 1.165) is 16.7 Å². The van der Waals surface area contributed by atoms with Crippen LogP contribution in [-0.4, -0.2) is 48.6 Å². The van der Waals surface area contributed by atoms with Gasteiger partial charge in [-0.1, -0.05) is 47.5 Å². The topological polar surface area (TPSA) is 103 Å². The number of carbonyl (C=O) groups is 1. The number of rotatable bonds is 9. The molecule has 3 aromatic rings. The van der Waals surface area contributed by atoms with Crippen molar-refractivity contribution in [2.45, 2.75) is 31.6 Å². The van der Waals surface area contributed by atoms with E-state index in [9.17, 15) is 13.2 Å². The molecule has 32 heavy (non-hydrogen) atoms. The summed E-state index contributed by atoms with van der Waals surface area (Å²) in [5, 5.41) is 11.0. The molecule has 170 valence electrons. The third-order valence-electron chi connectivity index (χ3n) is 4.84.